The van der Waals surface area contributed by atoms with Crippen LogP contribution in [0.1, 0.15) is 57.8 Å². The molecule has 2 atom stereocenters. The van der Waals surface area contributed by atoms with Crippen LogP contribution in [0.2, 0.25) is 0 Å². The Morgan fingerprint density at radius 2 is 1.86 bits per heavy atom. The average molecular weight is 300 g/mol. The van der Waals surface area contributed by atoms with E-state index in [4.69, 9.17) is 11.5 Å². The number of rotatable bonds is 3. The number of allylic oxidation sites excluding steroid dienone is 4. The van der Waals surface area contributed by atoms with Crippen LogP contribution < -0.4 is 11.5 Å². The van der Waals surface area contributed by atoms with E-state index in [0.29, 0.717) is 17.4 Å². The number of nitrogens with two attached hydrogens (primary N) is 2. The monoisotopic (exact) mass is 300 g/mol. The third-order valence-corrected chi connectivity index (χ3v) is 5.50. The highest BCUT2D eigenvalue weighted by atomic mass is 16.1. The van der Waals surface area contributed by atoms with Crippen LogP contribution >= 0.6 is 0 Å². The van der Waals surface area contributed by atoms with Gasteiger partial charge in [0.05, 0.1) is 0 Å². The zero-order valence-corrected chi connectivity index (χ0v) is 13.4. The fourth-order valence-corrected chi connectivity index (χ4v) is 4.42. The fourth-order valence-electron chi connectivity index (χ4n) is 4.42. The third kappa shape index (κ3) is 3.05. The van der Waals surface area contributed by atoms with Crippen molar-refractivity contribution >= 4 is 5.91 Å². The van der Waals surface area contributed by atoms with Crippen LogP contribution in [-0.2, 0) is 4.79 Å². The molecule has 1 fully saturated rings. The molecule has 0 saturated heterocycles. The highest BCUT2D eigenvalue weighted by Crippen LogP contribution is 2.42. The van der Waals surface area contributed by atoms with Gasteiger partial charge in [0.15, 0.2) is 0 Å². The Bertz CT molecular complexity index is 524. The lowest BCUT2D eigenvalue weighted by atomic mass is 9.70. The number of carbonyl (C=O) groups is 1. The summed E-state index contributed by atoms with van der Waals surface area (Å²) in [4.78, 5) is 12.1. The summed E-state index contributed by atoms with van der Waals surface area (Å²) in [6, 6.07) is -0.227. The van der Waals surface area contributed by atoms with Crippen LogP contribution in [-0.4, -0.2) is 11.9 Å². The van der Waals surface area contributed by atoms with Crippen molar-refractivity contribution in [3.8, 4) is 0 Å². The molecule has 0 radical (unpaired) electrons. The summed E-state index contributed by atoms with van der Waals surface area (Å²) >= 11 is 0. The molecular weight excluding hydrogens is 272 g/mol. The first-order valence-corrected chi connectivity index (χ1v) is 8.85. The molecule has 1 amide bonds. The van der Waals surface area contributed by atoms with E-state index in [-0.39, 0.29) is 11.9 Å². The summed E-state index contributed by atoms with van der Waals surface area (Å²) in [6.07, 6.45) is 17.5. The minimum absolute atomic E-state index is 0.227. The largest absolute Gasteiger partial charge is 0.366 e. The van der Waals surface area contributed by atoms with Crippen LogP contribution in [0.25, 0.3) is 0 Å². The van der Waals surface area contributed by atoms with Gasteiger partial charge >= 0.3 is 0 Å². The average Bonchev–Trinajstić information content (AvgIpc) is 2.56. The van der Waals surface area contributed by atoms with Gasteiger partial charge in [0.1, 0.15) is 0 Å². The highest BCUT2D eigenvalue weighted by molar-refractivity contribution is 5.95. The number of hydrogen-bond donors (Lipinski definition) is 2. The number of primary amides is 1. The van der Waals surface area contributed by atoms with Crippen molar-refractivity contribution < 1.29 is 4.79 Å². The van der Waals surface area contributed by atoms with E-state index in [1.165, 1.54) is 49.7 Å². The first-order valence-electron chi connectivity index (χ1n) is 8.85. The Morgan fingerprint density at radius 3 is 2.50 bits per heavy atom. The second kappa shape index (κ2) is 6.82. The molecule has 120 valence electrons. The molecule has 0 aromatic heterocycles. The Morgan fingerprint density at radius 1 is 1.09 bits per heavy atom. The van der Waals surface area contributed by atoms with Crippen LogP contribution in [0, 0.1) is 11.8 Å². The molecule has 3 rings (SSSR count). The normalized spacial score (nSPS) is 30.3. The summed E-state index contributed by atoms with van der Waals surface area (Å²) in [7, 11) is 0. The second-order valence-corrected chi connectivity index (χ2v) is 6.99. The van der Waals surface area contributed by atoms with Gasteiger partial charge in [-0.2, -0.15) is 0 Å². The van der Waals surface area contributed by atoms with Crippen LogP contribution in [0.5, 0.6) is 0 Å². The molecule has 0 aliphatic heterocycles. The molecule has 3 aliphatic carbocycles. The molecule has 3 nitrogen and oxygen atoms in total. The summed E-state index contributed by atoms with van der Waals surface area (Å²) in [6.45, 7) is 0. The topological polar surface area (TPSA) is 69.1 Å². The van der Waals surface area contributed by atoms with Crippen LogP contribution in [0.3, 0.4) is 0 Å². The molecule has 4 N–H and O–H groups in total. The molecule has 0 bridgehead atoms. The molecular formula is C19H28N2O. The van der Waals surface area contributed by atoms with Crippen molar-refractivity contribution in [2.75, 3.05) is 0 Å². The van der Waals surface area contributed by atoms with Gasteiger partial charge in [-0.05, 0) is 55.6 Å². The van der Waals surface area contributed by atoms with E-state index in [2.05, 4.69) is 18.2 Å². The predicted octanol–water partition coefficient (Wildman–Crippen LogP) is 3.36. The van der Waals surface area contributed by atoms with Gasteiger partial charge in [-0.15, -0.1) is 0 Å². The molecule has 1 saturated carbocycles. The maximum absolute atomic E-state index is 12.1. The third-order valence-electron chi connectivity index (χ3n) is 5.50. The van der Waals surface area contributed by atoms with Gasteiger partial charge in [-0.3, -0.25) is 4.79 Å². The number of carbonyl (C=O) groups excluding carboxylic acids is 1. The Labute approximate surface area is 133 Å². The van der Waals surface area contributed by atoms with Crippen LogP contribution in [0.4, 0.5) is 0 Å². The SMILES string of the molecule is NC(=O)C1=C([C@H]2C=CCCC2)C(C2CCCCC2)=CC[C@@H]1N. The van der Waals surface area contributed by atoms with Crippen molar-refractivity contribution in [1.82, 2.24) is 0 Å². The standard InChI is InChI=1S/C19H28N2O/c20-16-12-11-15(13-7-3-1-4-8-13)17(18(16)19(21)22)14-9-5-2-6-10-14/h5,9,11,13-14,16H,1-4,6-8,10,12,20H2,(H2,21,22)/t14-,16-/m0/s1. The van der Waals surface area contributed by atoms with Crippen LogP contribution in [0.15, 0.2) is 34.9 Å². The molecule has 0 spiro atoms. The van der Waals surface area contributed by atoms with Gasteiger partial charge in [-0.25, -0.2) is 0 Å². The maximum Gasteiger partial charge on any atom is 0.246 e. The molecule has 0 aromatic rings. The summed E-state index contributed by atoms with van der Waals surface area (Å²) < 4.78 is 0. The van der Waals surface area contributed by atoms with E-state index < -0.39 is 0 Å². The van der Waals surface area contributed by atoms with Crippen molar-refractivity contribution in [2.24, 2.45) is 23.3 Å². The zero-order chi connectivity index (χ0) is 15.5. The smallest absolute Gasteiger partial charge is 0.246 e. The van der Waals surface area contributed by atoms with Crippen molar-refractivity contribution in [3.63, 3.8) is 0 Å². The first kappa shape index (κ1) is 15.5. The minimum atomic E-state index is -0.317. The quantitative estimate of drug-likeness (QED) is 0.785. The number of hydrogen-bond acceptors (Lipinski definition) is 2. The lowest BCUT2D eigenvalue weighted by Gasteiger charge is -2.35. The second-order valence-electron chi connectivity index (χ2n) is 6.99. The van der Waals surface area contributed by atoms with Gasteiger partial charge in [0.25, 0.3) is 0 Å². The number of amides is 1. The lowest BCUT2D eigenvalue weighted by Crippen LogP contribution is -2.36. The summed E-state index contributed by atoms with van der Waals surface area (Å²) in [5, 5.41) is 0. The van der Waals surface area contributed by atoms with Gasteiger partial charge in [0.2, 0.25) is 5.91 Å². The van der Waals surface area contributed by atoms with Crippen molar-refractivity contribution in [3.05, 3.63) is 34.9 Å². The van der Waals surface area contributed by atoms with E-state index in [1.54, 1.807) is 0 Å². The molecule has 3 heteroatoms. The first-order chi connectivity index (χ1) is 10.7. The maximum atomic E-state index is 12.1. The van der Waals surface area contributed by atoms with E-state index >= 15 is 0 Å². The van der Waals surface area contributed by atoms with Gasteiger partial charge < -0.3 is 11.5 Å². The van der Waals surface area contributed by atoms with Crippen molar-refractivity contribution in [2.45, 2.75) is 63.8 Å². The highest BCUT2D eigenvalue weighted by Gasteiger charge is 2.33. The summed E-state index contributed by atoms with van der Waals surface area (Å²) in [5.74, 6) is 0.611. The molecule has 0 heterocycles. The molecule has 0 unspecified atom stereocenters. The Kier molecular flexibility index (Phi) is 4.82. The zero-order valence-electron chi connectivity index (χ0n) is 13.4. The molecule has 0 aromatic carbocycles. The Balaban J connectivity index is 2.01. The van der Waals surface area contributed by atoms with Gasteiger partial charge in [0, 0.05) is 17.5 Å². The van der Waals surface area contributed by atoms with Gasteiger partial charge in [-0.1, -0.05) is 37.5 Å². The fraction of sp³-hybridized carbons (Fsp3) is 0.632. The molecule has 22 heavy (non-hydrogen) atoms. The van der Waals surface area contributed by atoms with E-state index in [9.17, 15) is 4.79 Å². The molecule has 3 aliphatic rings. The predicted molar refractivity (Wildman–Crippen MR) is 90.0 cm³/mol. The Hall–Kier alpha value is -1.35. The minimum Gasteiger partial charge on any atom is -0.366 e. The van der Waals surface area contributed by atoms with E-state index in [0.717, 1.165) is 19.3 Å². The summed E-state index contributed by atoms with van der Waals surface area (Å²) in [5.41, 5.74) is 15.3. The van der Waals surface area contributed by atoms with E-state index in [1.807, 2.05) is 0 Å². The van der Waals surface area contributed by atoms with Crippen molar-refractivity contribution in [1.29, 1.82) is 0 Å². The lowest BCUT2D eigenvalue weighted by molar-refractivity contribution is -0.114.